The number of hydrogen-bond donors (Lipinski definition) is 2. The molecule has 1 aliphatic heterocycles. The fourth-order valence-corrected chi connectivity index (χ4v) is 2.15. The number of amides is 2. The van der Waals surface area contributed by atoms with Crippen LogP contribution in [-0.4, -0.2) is 41.0 Å². The molecule has 0 unspecified atom stereocenters. The van der Waals surface area contributed by atoms with Crippen molar-refractivity contribution in [1.82, 2.24) is 4.90 Å². The zero-order valence-corrected chi connectivity index (χ0v) is 11.4. The molecule has 0 spiro atoms. The lowest BCUT2D eigenvalue weighted by Gasteiger charge is -2.28. The minimum Gasteiger partial charge on any atom is -0.393 e. The van der Waals surface area contributed by atoms with Crippen molar-refractivity contribution in [2.45, 2.75) is 18.9 Å². The van der Waals surface area contributed by atoms with E-state index in [1.165, 1.54) is 17.0 Å². The molecular weight excluding hydrogens is 287 g/mol. The number of anilines is 1. The van der Waals surface area contributed by atoms with Gasteiger partial charge in [-0.1, -0.05) is 11.6 Å². The second-order valence-electron chi connectivity index (χ2n) is 4.60. The summed E-state index contributed by atoms with van der Waals surface area (Å²) in [6, 6.07) is 3.70. The summed E-state index contributed by atoms with van der Waals surface area (Å²) in [6.45, 7) is 0.622. The van der Waals surface area contributed by atoms with Crippen molar-refractivity contribution in [2.75, 3.05) is 18.4 Å². The molecule has 1 aromatic rings. The molecule has 2 amide bonds. The van der Waals surface area contributed by atoms with Crippen LogP contribution in [0.15, 0.2) is 18.2 Å². The Kier molecular flexibility index (Phi) is 4.57. The Bertz CT molecular complexity index is 530. The van der Waals surface area contributed by atoms with E-state index >= 15 is 0 Å². The first-order valence-electron chi connectivity index (χ1n) is 6.21. The number of aliphatic hydroxyl groups excluding tert-OH is 1. The summed E-state index contributed by atoms with van der Waals surface area (Å²) in [5.41, 5.74) is -0.132. The van der Waals surface area contributed by atoms with Crippen molar-refractivity contribution in [1.29, 1.82) is 0 Å². The number of piperidine rings is 1. The number of benzene rings is 1. The van der Waals surface area contributed by atoms with Gasteiger partial charge in [-0.25, -0.2) is 4.39 Å². The van der Waals surface area contributed by atoms with Crippen LogP contribution in [0, 0.1) is 5.82 Å². The van der Waals surface area contributed by atoms with Gasteiger partial charge in [-0.05, 0) is 31.0 Å². The van der Waals surface area contributed by atoms with E-state index in [-0.39, 0.29) is 10.7 Å². The molecule has 0 bridgehead atoms. The lowest BCUT2D eigenvalue weighted by Crippen LogP contribution is -2.45. The monoisotopic (exact) mass is 300 g/mol. The summed E-state index contributed by atoms with van der Waals surface area (Å²) < 4.78 is 13.5. The van der Waals surface area contributed by atoms with E-state index in [0.717, 1.165) is 6.07 Å². The van der Waals surface area contributed by atoms with Gasteiger partial charge < -0.3 is 15.3 Å². The number of rotatable bonds is 1. The van der Waals surface area contributed by atoms with Gasteiger partial charge in [0.05, 0.1) is 11.8 Å². The number of nitrogens with one attached hydrogen (secondary N) is 1. The molecule has 1 aliphatic rings. The van der Waals surface area contributed by atoms with E-state index in [1.807, 2.05) is 0 Å². The molecule has 1 fully saturated rings. The molecule has 0 radical (unpaired) electrons. The van der Waals surface area contributed by atoms with Crippen LogP contribution in [0.5, 0.6) is 0 Å². The number of aliphatic hydroxyl groups is 1. The predicted molar refractivity (Wildman–Crippen MR) is 71.9 cm³/mol. The summed E-state index contributed by atoms with van der Waals surface area (Å²) >= 11 is 5.70. The van der Waals surface area contributed by atoms with E-state index < -0.39 is 23.7 Å². The Morgan fingerprint density at radius 3 is 2.65 bits per heavy atom. The largest absolute Gasteiger partial charge is 0.393 e. The number of carbonyl (C=O) groups excluding carboxylic acids is 2. The van der Waals surface area contributed by atoms with Crippen LogP contribution < -0.4 is 5.32 Å². The van der Waals surface area contributed by atoms with Crippen molar-refractivity contribution in [2.24, 2.45) is 0 Å². The van der Waals surface area contributed by atoms with E-state index in [2.05, 4.69) is 5.32 Å². The van der Waals surface area contributed by atoms with Gasteiger partial charge in [-0.3, -0.25) is 9.59 Å². The smallest absolute Gasteiger partial charge is 0.313 e. The first kappa shape index (κ1) is 14.7. The standard InChI is InChI=1S/C13H14ClFN2O3/c14-8-1-2-10(15)11(7-8)16-12(19)13(20)17-5-3-9(18)4-6-17/h1-2,7,9,18H,3-6H2,(H,16,19). The maximum atomic E-state index is 13.5. The average Bonchev–Trinajstić information content (AvgIpc) is 2.43. The molecule has 1 heterocycles. The van der Waals surface area contributed by atoms with Gasteiger partial charge in [0, 0.05) is 18.1 Å². The lowest BCUT2D eigenvalue weighted by atomic mass is 10.1. The zero-order valence-electron chi connectivity index (χ0n) is 10.6. The Labute approximate surface area is 120 Å². The van der Waals surface area contributed by atoms with Crippen LogP contribution in [0.3, 0.4) is 0 Å². The molecule has 0 saturated carbocycles. The Morgan fingerprint density at radius 2 is 2.00 bits per heavy atom. The van der Waals surface area contributed by atoms with E-state index in [1.54, 1.807) is 0 Å². The lowest BCUT2D eigenvalue weighted by molar-refractivity contribution is -0.144. The number of likely N-dealkylation sites (tertiary alicyclic amines) is 1. The first-order valence-corrected chi connectivity index (χ1v) is 6.58. The first-order chi connectivity index (χ1) is 9.47. The molecule has 1 aromatic carbocycles. The topological polar surface area (TPSA) is 69.6 Å². The van der Waals surface area contributed by atoms with Crippen molar-refractivity contribution >= 4 is 29.1 Å². The molecule has 108 valence electrons. The third-order valence-electron chi connectivity index (χ3n) is 3.12. The third-order valence-corrected chi connectivity index (χ3v) is 3.36. The average molecular weight is 301 g/mol. The molecule has 20 heavy (non-hydrogen) atoms. The van der Waals surface area contributed by atoms with Crippen LogP contribution in [0.4, 0.5) is 10.1 Å². The normalized spacial score (nSPS) is 16.1. The van der Waals surface area contributed by atoms with Gasteiger partial charge in [-0.2, -0.15) is 0 Å². The van der Waals surface area contributed by atoms with Crippen molar-refractivity contribution in [3.63, 3.8) is 0 Å². The van der Waals surface area contributed by atoms with Crippen LogP contribution in [-0.2, 0) is 9.59 Å². The van der Waals surface area contributed by atoms with Gasteiger partial charge >= 0.3 is 11.8 Å². The van der Waals surface area contributed by atoms with Crippen molar-refractivity contribution in [3.05, 3.63) is 29.0 Å². The minimum atomic E-state index is -0.914. The van der Waals surface area contributed by atoms with Crippen molar-refractivity contribution in [3.8, 4) is 0 Å². The SMILES string of the molecule is O=C(Nc1cc(Cl)ccc1F)C(=O)N1CCC(O)CC1. The molecule has 2 rings (SSSR count). The van der Waals surface area contributed by atoms with Crippen LogP contribution in [0.25, 0.3) is 0 Å². The molecule has 2 N–H and O–H groups in total. The molecule has 0 aliphatic carbocycles. The van der Waals surface area contributed by atoms with Crippen LogP contribution in [0.1, 0.15) is 12.8 Å². The van der Waals surface area contributed by atoms with Gasteiger partial charge in [0.25, 0.3) is 0 Å². The molecule has 0 atom stereocenters. The van der Waals surface area contributed by atoms with Crippen molar-refractivity contribution < 1.29 is 19.1 Å². The summed E-state index contributed by atoms with van der Waals surface area (Å²) in [6.07, 6.45) is 0.433. The van der Waals surface area contributed by atoms with Gasteiger partial charge in [0.1, 0.15) is 5.82 Å². The Hall–Kier alpha value is -1.66. The highest BCUT2D eigenvalue weighted by atomic mass is 35.5. The minimum absolute atomic E-state index is 0.132. The van der Waals surface area contributed by atoms with Gasteiger partial charge in [-0.15, -0.1) is 0 Å². The highest BCUT2D eigenvalue weighted by molar-refractivity contribution is 6.39. The zero-order chi connectivity index (χ0) is 14.7. The second kappa shape index (κ2) is 6.19. The third kappa shape index (κ3) is 3.46. The summed E-state index contributed by atoms with van der Waals surface area (Å²) in [5, 5.41) is 11.8. The molecule has 5 nitrogen and oxygen atoms in total. The summed E-state index contributed by atoms with van der Waals surface area (Å²) in [7, 11) is 0. The molecule has 7 heteroatoms. The Balaban J connectivity index is 2.01. The van der Waals surface area contributed by atoms with E-state index in [9.17, 15) is 19.1 Å². The highest BCUT2D eigenvalue weighted by Gasteiger charge is 2.26. The fourth-order valence-electron chi connectivity index (χ4n) is 1.98. The van der Waals surface area contributed by atoms with Crippen LogP contribution >= 0.6 is 11.6 Å². The number of hydrogen-bond acceptors (Lipinski definition) is 3. The van der Waals surface area contributed by atoms with Crippen LogP contribution in [0.2, 0.25) is 5.02 Å². The molecule has 0 aromatic heterocycles. The maximum absolute atomic E-state index is 13.5. The van der Waals surface area contributed by atoms with Gasteiger partial charge in [0.2, 0.25) is 0 Å². The van der Waals surface area contributed by atoms with E-state index in [0.29, 0.717) is 25.9 Å². The molecule has 1 saturated heterocycles. The Morgan fingerprint density at radius 1 is 1.35 bits per heavy atom. The fraction of sp³-hybridized carbons (Fsp3) is 0.385. The maximum Gasteiger partial charge on any atom is 0.313 e. The predicted octanol–water partition coefficient (Wildman–Crippen LogP) is 1.40. The number of halogens is 2. The summed E-state index contributed by atoms with van der Waals surface area (Å²) in [4.78, 5) is 25.0. The van der Waals surface area contributed by atoms with Gasteiger partial charge in [0.15, 0.2) is 0 Å². The van der Waals surface area contributed by atoms with E-state index in [4.69, 9.17) is 11.6 Å². The number of carbonyl (C=O) groups is 2. The second-order valence-corrected chi connectivity index (χ2v) is 5.04. The summed E-state index contributed by atoms with van der Waals surface area (Å²) in [5.74, 6) is -2.32. The quantitative estimate of drug-likeness (QED) is 0.770. The molecular formula is C13H14ClFN2O3. The highest BCUT2D eigenvalue weighted by Crippen LogP contribution is 2.19. The number of nitrogens with zero attached hydrogens (tertiary/aromatic N) is 1.